The van der Waals surface area contributed by atoms with Crippen LogP contribution in [0.3, 0.4) is 0 Å². The molecule has 0 atom stereocenters. The van der Waals surface area contributed by atoms with Crippen LogP contribution in [0.1, 0.15) is 21.7 Å². The van der Waals surface area contributed by atoms with Crippen molar-refractivity contribution in [1.29, 1.82) is 0 Å². The van der Waals surface area contributed by atoms with Gasteiger partial charge in [0.1, 0.15) is 5.82 Å². The smallest absolute Gasteiger partial charge is 0.253 e. The first kappa shape index (κ1) is 20.3. The monoisotopic (exact) mass is 424 g/mol. The minimum Gasteiger partial charge on any atom is -0.336 e. The van der Waals surface area contributed by atoms with Gasteiger partial charge in [0, 0.05) is 50.7 Å². The van der Waals surface area contributed by atoms with Gasteiger partial charge in [0.15, 0.2) is 0 Å². The van der Waals surface area contributed by atoms with Gasteiger partial charge >= 0.3 is 0 Å². The van der Waals surface area contributed by atoms with Crippen molar-refractivity contribution in [2.45, 2.75) is 18.4 Å². The second kappa shape index (κ2) is 8.41. The molecular weight excluding hydrogens is 400 g/mol. The molecule has 0 bridgehead atoms. The number of sulfonamides is 1. The van der Waals surface area contributed by atoms with Gasteiger partial charge in [-0.1, -0.05) is 30.3 Å². The number of piperazine rings is 1. The van der Waals surface area contributed by atoms with Gasteiger partial charge in [0.2, 0.25) is 10.0 Å². The van der Waals surface area contributed by atoms with Crippen LogP contribution in [0.2, 0.25) is 0 Å². The number of hydrogen-bond donors (Lipinski definition) is 0. The number of nitrogens with zero attached hydrogens (tertiary/aromatic N) is 4. The second-order valence-electron chi connectivity index (χ2n) is 7.31. The van der Waals surface area contributed by atoms with E-state index in [1.54, 1.807) is 41.4 Å². The van der Waals surface area contributed by atoms with Crippen LogP contribution in [0.25, 0.3) is 0 Å². The van der Waals surface area contributed by atoms with Gasteiger partial charge in [-0.05, 0) is 36.8 Å². The lowest BCUT2D eigenvalue weighted by molar-refractivity contribution is 0.0698. The van der Waals surface area contributed by atoms with Crippen LogP contribution in [0.15, 0.2) is 71.9 Å². The lowest BCUT2D eigenvalue weighted by Crippen LogP contribution is -2.50. The normalized spacial score (nSPS) is 15.3. The van der Waals surface area contributed by atoms with Crippen molar-refractivity contribution >= 4 is 15.9 Å². The van der Waals surface area contributed by atoms with Crippen molar-refractivity contribution in [3.8, 4) is 0 Å². The Balaban J connectivity index is 1.38. The van der Waals surface area contributed by atoms with Crippen molar-refractivity contribution in [3.05, 3.63) is 83.9 Å². The Labute approximate surface area is 176 Å². The molecule has 7 nitrogen and oxygen atoms in total. The fourth-order valence-corrected chi connectivity index (χ4v) is 5.02. The first-order valence-corrected chi connectivity index (χ1v) is 11.3. The largest absolute Gasteiger partial charge is 0.336 e. The van der Waals surface area contributed by atoms with Gasteiger partial charge < -0.3 is 9.47 Å². The van der Waals surface area contributed by atoms with E-state index in [2.05, 4.69) is 4.98 Å². The average Bonchev–Trinajstić information content (AvgIpc) is 3.19. The molecule has 1 amide bonds. The van der Waals surface area contributed by atoms with E-state index >= 15 is 0 Å². The third-order valence-electron chi connectivity index (χ3n) is 5.38. The van der Waals surface area contributed by atoms with Gasteiger partial charge in [-0.2, -0.15) is 4.31 Å². The number of carbonyl (C=O) groups excluding carboxylic acids is 1. The van der Waals surface area contributed by atoms with Crippen molar-refractivity contribution in [2.24, 2.45) is 0 Å². The molecule has 4 rings (SSSR count). The number of imidazole rings is 1. The second-order valence-corrected chi connectivity index (χ2v) is 9.25. The fraction of sp³-hybridized carbons (Fsp3) is 0.273. The maximum atomic E-state index is 12.9. The summed E-state index contributed by atoms with van der Waals surface area (Å²) in [5, 5.41) is 0. The van der Waals surface area contributed by atoms with Crippen molar-refractivity contribution in [2.75, 3.05) is 26.2 Å². The fourth-order valence-electron chi connectivity index (χ4n) is 3.58. The Bertz CT molecular complexity index is 1120. The number of aromatic nitrogens is 2. The van der Waals surface area contributed by atoms with E-state index in [0.717, 1.165) is 11.4 Å². The van der Waals surface area contributed by atoms with Gasteiger partial charge in [0.25, 0.3) is 5.91 Å². The highest BCUT2D eigenvalue weighted by atomic mass is 32.2. The number of aryl methyl sites for hydroxylation is 1. The molecule has 1 saturated heterocycles. The van der Waals surface area contributed by atoms with E-state index in [1.807, 2.05) is 42.0 Å². The highest BCUT2D eigenvalue weighted by Gasteiger charge is 2.30. The van der Waals surface area contributed by atoms with E-state index < -0.39 is 10.0 Å². The van der Waals surface area contributed by atoms with Crippen LogP contribution < -0.4 is 0 Å². The summed E-state index contributed by atoms with van der Waals surface area (Å²) in [6.07, 6.45) is 3.70. The zero-order chi connectivity index (χ0) is 21.1. The molecule has 0 aliphatic carbocycles. The predicted molar refractivity (Wildman–Crippen MR) is 114 cm³/mol. The number of hydrogen-bond acceptors (Lipinski definition) is 4. The lowest BCUT2D eigenvalue weighted by atomic mass is 10.1. The molecule has 1 aliphatic heterocycles. The SMILES string of the molecule is Cc1nccn1Cc1ccc(C(=O)N2CCN(S(=O)(=O)c3ccccc3)CC2)cc1. The molecule has 156 valence electrons. The summed E-state index contributed by atoms with van der Waals surface area (Å²) in [6.45, 7) is 4.00. The number of benzene rings is 2. The first-order chi connectivity index (χ1) is 14.4. The minimum atomic E-state index is -3.52. The van der Waals surface area contributed by atoms with Crippen molar-refractivity contribution in [1.82, 2.24) is 18.8 Å². The number of rotatable bonds is 5. The average molecular weight is 425 g/mol. The van der Waals surface area contributed by atoms with Crippen LogP contribution in [-0.4, -0.2) is 59.3 Å². The summed E-state index contributed by atoms with van der Waals surface area (Å²) in [5.74, 6) is 0.871. The molecule has 30 heavy (non-hydrogen) atoms. The molecule has 3 aromatic rings. The molecular formula is C22H24N4O3S. The Hall–Kier alpha value is -2.97. The molecule has 0 spiro atoms. The van der Waals surface area contributed by atoms with Crippen molar-refractivity contribution < 1.29 is 13.2 Å². The van der Waals surface area contributed by atoms with E-state index in [-0.39, 0.29) is 10.8 Å². The summed E-state index contributed by atoms with van der Waals surface area (Å²) < 4.78 is 29.0. The lowest BCUT2D eigenvalue weighted by Gasteiger charge is -2.34. The van der Waals surface area contributed by atoms with Crippen LogP contribution >= 0.6 is 0 Å². The molecule has 8 heteroatoms. The molecule has 0 radical (unpaired) electrons. The maximum Gasteiger partial charge on any atom is 0.253 e. The Kier molecular flexibility index (Phi) is 5.69. The highest BCUT2D eigenvalue weighted by Crippen LogP contribution is 2.18. The Morgan fingerprint density at radius 1 is 0.967 bits per heavy atom. The molecule has 0 N–H and O–H groups in total. The molecule has 1 aliphatic rings. The van der Waals surface area contributed by atoms with E-state index in [1.165, 1.54) is 4.31 Å². The summed E-state index contributed by atoms with van der Waals surface area (Å²) >= 11 is 0. The number of carbonyl (C=O) groups is 1. The molecule has 1 aromatic heterocycles. The van der Waals surface area contributed by atoms with Gasteiger partial charge in [-0.15, -0.1) is 0 Å². The molecule has 2 heterocycles. The number of amides is 1. The van der Waals surface area contributed by atoms with Crippen LogP contribution in [0.5, 0.6) is 0 Å². The molecule has 0 unspecified atom stereocenters. The summed E-state index contributed by atoms with van der Waals surface area (Å²) in [6, 6.07) is 16.0. The summed E-state index contributed by atoms with van der Waals surface area (Å²) in [4.78, 5) is 19.1. The van der Waals surface area contributed by atoms with Crippen LogP contribution in [-0.2, 0) is 16.6 Å². The maximum absolute atomic E-state index is 12.9. The Morgan fingerprint density at radius 3 is 2.23 bits per heavy atom. The van der Waals surface area contributed by atoms with Crippen molar-refractivity contribution in [3.63, 3.8) is 0 Å². The summed E-state index contributed by atoms with van der Waals surface area (Å²) in [7, 11) is -3.52. The van der Waals surface area contributed by atoms with Gasteiger partial charge in [-0.25, -0.2) is 13.4 Å². The topological polar surface area (TPSA) is 75.5 Å². The quantitative estimate of drug-likeness (QED) is 0.630. The molecule has 2 aromatic carbocycles. The van der Waals surface area contributed by atoms with Crippen LogP contribution in [0.4, 0.5) is 0 Å². The minimum absolute atomic E-state index is 0.0721. The van der Waals surface area contributed by atoms with E-state index in [4.69, 9.17) is 0 Å². The summed E-state index contributed by atoms with van der Waals surface area (Å²) in [5.41, 5.74) is 1.70. The zero-order valence-corrected chi connectivity index (χ0v) is 17.6. The van der Waals surface area contributed by atoms with Gasteiger partial charge in [0.05, 0.1) is 4.90 Å². The predicted octanol–water partition coefficient (Wildman–Crippen LogP) is 2.39. The van der Waals surface area contributed by atoms with Gasteiger partial charge in [-0.3, -0.25) is 4.79 Å². The van der Waals surface area contributed by atoms with Crippen LogP contribution in [0, 0.1) is 6.92 Å². The third kappa shape index (κ3) is 4.15. The Morgan fingerprint density at radius 2 is 1.63 bits per heavy atom. The highest BCUT2D eigenvalue weighted by molar-refractivity contribution is 7.89. The van der Waals surface area contributed by atoms with E-state index in [9.17, 15) is 13.2 Å². The molecule has 1 fully saturated rings. The standard InChI is InChI=1S/C22H24N4O3S/c1-18-23-11-12-25(18)17-19-7-9-20(10-8-19)22(27)24-13-15-26(16-14-24)30(28,29)21-5-3-2-4-6-21/h2-12H,13-17H2,1H3. The third-order valence-corrected chi connectivity index (χ3v) is 7.30. The zero-order valence-electron chi connectivity index (χ0n) is 16.8. The first-order valence-electron chi connectivity index (χ1n) is 9.86. The molecule has 0 saturated carbocycles. The van der Waals surface area contributed by atoms with E-state index in [0.29, 0.717) is 38.3 Å².